The van der Waals surface area contributed by atoms with Gasteiger partial charge in [-0.15, -0.1) is 0 Å². The fraction of sp³-hybridized carbons (Fsp3) is 0.667. The molecule has 1 aromatic carbocycles. The van der Waals surface area contributed by atoms with E-state index in [1.807, 2.05) is 6.07 Å². The molecule has 20 heavy (non-hydrogen) atoms. The molecule has 1 saturated heterocycles. The largest absolute Gasteiger partial charge is 0.497 e. The van der Waals surface area contributed by atoms with Crippen molar-refractivity contribution in [2.75, 3.05) is 27.2 Å². The van der Waals surface area contributed by atoms with Gasteiger partial charge in [0.25, 0.3) is 0 Å². The van der Waals surface area contributed by atoms with Crippen molar-refractivity contribution in [3.8, 4) is 5.75 Å². The van der Waals surface area contributed by atoms with Crippen LogP contribution in [-0.4, -0.2) is 32.1 Å². The van der Waals surface area contributed by atoms with Gasteiger partial charge in [-0.1, -0.05) is 32.4 Å². The molecule has 1 aliphatic heterocycles. The molecule has 0 bridgehead atoms. The predicted molar refractivity (Wildman–Crippen MR) is 85.5 cm³/mol. The molecule has 0 radical (unpaired) electrons. The van der Waals surface area contributed by atoms with Gasteiger partial charge in [0.05, 0.1) is 7.11 Å². The van der Waals surface area contributed by atoms with Crippen LogP contribution in [0.4, 0.5) is 0 Å². The van der Waals surface area contributed by atoms with Crippen molar-refractivity contribution in [1.29, 1.82) is 0 Å². The Bertz CT molecular complexity index is 431. The molecule has 1 aromatic rings. The number of methoxy groups -OCH3 is 1. The summed E-state index contributed by atoms with van der Waals surface area (Å²) in [5.74, 6) is 1.81. The molecule has 1 aliphatic rings. The second-order valence-corrected chi connectivity index (χ2v) is 6.42. The molecule has 0 N–H and O–H groups in total. The molecule has 2 heteroatoms. The normalized spacial score (nSPS) is 27.5. The number of benzene rings is 1. The maximum absolute atomic E-state index is 5.42. The highest BCUT2D eigenvalue weighted by Gasteiger charge is 2.38. The monoisotopic (exact) mass is 275 g/mol. The van der Waals surface area contributed by atoms with Gasteiger partial charge in [-0.3, -0.25) is 0 Å². The average Bonchev–Trinajstić information content (AvgIpc) is 2.47. The highest BCUT2D eigenvalue weighted by Crippen LogP contribution is 2.41. The summed E-state index contributed by atoms with van der Waals surface area (Å²) in [4.78, 5) is 2.52. The minimum atomic E-state index is 0.293. The van der Waals surface area contributed by atoms with E-state index in [-0.39, 0.29) is 0 Å². The van der Waals surface area contributed by atoms with Gasteiger partial charge in [-0.2, -0.15) is 0 Å². The zero-order valence-electron chi connectivity index (χ0n) is 13.5. The molecule has 2 nitrogen and oxygen atoms in total. The van der Waals surface area contributed by atoms with Crippen LogP contribution in [0.25, 0.3) is 0 Å². The van der Waals surface area contributed by atoms with Gasteiger partial charge in [0.1, 0.15) is 5.75 Å². The summed E-state index contributed by atoms with van der Waals surface area (Å²) in [7, 11) is 4.02. The van der Waals surface area contributed by atoms with Crippen molar-refractivity contribution >= 4 is 0 Å². The van der Waals surface area contributed by atoms with E-state index in [0.717, 1.165) is 18.2 Å². The van der Waals surface area contributed by atoms with E-state index in [2.05, 4.69) is 44.0 Å². The summed E-state index contributed by atoms with van der Waals surface area (Å²) in [5.41, 5.74) is 1.74. The lowest BCUT2D eigenvalue weighted by Gasteiger charge is -2.45. The Morgan fingerprint density at radius 2 is 2.15 bits per heavy atom. The fourth-order valence-corrected chi connectivity index (χ4v) is 3.93. The zero-order valence-corrected chi connectivity index (χ0v) is 13.5. The molecule has 0 saturated carbocycles. The SMILES string of the molecule is CCCC1CN(C)CC(CC)(c2cccc(OC)c2)C1. The van der Waals surface area contributed by atoms with Crippen LogP contribution in [0.3, 0.4) is 0 Å². The van der Waals surface area contributed by atoms with Crippen molar-refractivity contribution in [1.82, 2.24) is 4.90 Å². The average molecular weight is 275 g/mol. The lowest BCUT2D eigenvalue weighted by molar-refractivity contribution is 0.113. The van der Waals surface area contributed by atoms with Crippen LogP contribution in [0.15, 0.2) is 24.3 Å². The summed E-state index contributed by atoms with van der Waals surface area (Å²) in [5, 5.41) is 0. The summed E-state index contributed by atoms with van der Waals surface area (Å²) in [6.45, 7) is 7.05. The first-order chi connectivity index (χ1) is 9.63. The zero-order chi connectivity index (χ0) is 14.6. The van der Waals surface area contributed by atoms with Crippen LogP contribution in [0, 0.1) is 5.92 Å². The molecule has 2 atom stereocenters. The Morgan fingerprint density at radius 3 is 2.80 bits per heavy atom. The number of hydrogen-bond acceptors (Lipinski definition) is 2. The number of hydrogen-bond donors (Lipinski definition) is 0. The lowest BCUT2D eigenvalue weighted by Crippen LogP contribution is -2.48. The standard InChI is InChI=1S/C18H29NO/c1-5-8-15-12-18(6-2,14-19(3)13-15)16-9-7-10-17(11-16)20-4/h7,9-11,15H,5-6,8,12-14H2,1-4H3. The van der Waals surface area contributed by atoms with Gasteiger partial charge in [0.2, 0.25) is 0 Å². The van der Waals surface area contributed by atoms with Crippen molar-refractivity contribution in [2.45, 2.75) is 44.9 Å². The summed E-state index contributed by atoms with van der Waals surface area (Å²) in [6.07, 6.45) is 5.14. The van der Waals surface area contributed by atoms with Gasteiger partial charge < -0.3 is 9.64 Å². The summed E-state index contributed by atoms with van der Waals surface area (Å²) in [6, 6.07) is 8.71. The van der Waals surface area contributed by atoms with E-state index in [1.165, 1.54) is 37.8 Å². The lowest BCUT2D eigenvalue weighted by atomic mass is 9.68. The number of ether oxygens (including phenoxy) is 1. The van der Waals surface area contributed by atoms with E-state index >= 15 is 0 Å². The first kappa shape index (κ1) is 15.4. The maximum atomic E-state index is 5.42. The van der Waals surface area contributed by atoms with Crippen LogP contribution in [0.1, 0.15) is 45.1 Å². The quantitative estimate of drug-likeness (QED) is 0.802. The van der Waals surface area contributed by atoms with Crippen LogP contribution < -0.4 is 4.74 Å². The highest BCUT2D eigenvalue weighted by atomic mass is 16.5. The first-order valence-corrected chi connectivity index (χ1v) is 7.96. The topological polar surface area (TPSA) is 12.5 Å². The number of likely N-dealkylation sites (N-methyl/N-ethyl adjacent to an activating group) is 1. The predicted octanol–water partition coefficient (Wildman–Crippen LogP) is 4.09. The van der Waals surface area contributed by atoms with Crippen LogP contribution in [0.5, 0.6) is 5.75 Å². The highest BCUT2D eigenvalue weighted by molar-refractivity contribution is 5.35. The molecule has 1 heterocycles. The van der Waals surface area contributed by atoms with Crippen molar-refractivity contribution in [2.24, 2.45) is 5.92 Å². The summed E-state index contributed by atoms with van der Waals surface area (Å²) < 4.78 is 5.42. The number of likely N-dealkylation sites (tertiary alicyclic amines) is 1. The smallest absolute Gasteiger partial charge is 0.119 e. The third-order valence-corrected chi connectivity index (χ3v) is 4.88. The fourth-order valence-electron chi connectivity index (χ4n) is 3.93. The van der Waals surface area contributed by atoms with E-state index < -0.39 is 0 Å². The molecule has 0 aromatic heterocycles. The van der Waals surface area contributed by atoms with Crippen LogP contribution in [-0.2, 0) is 5.41 Å². The molecule has 1 fully saturated rings. The van der Waals surface area contributed by atoms with Gasteiger partial charge in [0.15, 0.2) is 0 Å². The Hall–Kier alpha value is -1.02. The molecule has 2 rings (SSSR count). The first-order valence-electron chi connectivity index (χ1n) is 7.96. The van der Waals surface area contributed by atoms with E-state index in [0.29, 0.717) is 5.41 Å². The third-order valence-electron chi connectivity index (χ3n) is 4.88. The Morgan fingerprint density at radius 1 is 1.35 bits per heavy atom. The second-order valence-electron chi connectivity index (χ2n) is 6.42. The summed E-state index contributed by atoms with van der Waals surface area (Å²) >= 11 is 0. The van der Waals surface area contributed by atoms with Crippen molar-refractivity contribution in [3.63, 3.8) is 0 Å². The Labute approximate surface area is 124 Å². The van der Waals surface area contributed by atoms with Crippen molar-refractivity contribution in [3.05, 3.63) is 29.8 Å². The molecular formula is C18H29NO. The molecule has 0 aliphatic carbocycles. The van der Waals surface area contributed by atoms with E-state index in [4.69, 9.17) is 4.74 Å². The Balaban J connectivity index is 2.30. The number of piperidine rings is 1. The van der Waals surface area contributed by atoms with Gasteiger partial charge in [-0.25, -0.2) is 0 Å². The van der Waals surface area contributed by atoms with E-state index in [9.17, 15) is 0 Å². The number of rotatable bonds is 5. The minimum absolute atomic E-state index is 0.293. The third kappa shape index (κ3) is 3.17. The number of nitrogens with zero attached hydrogens (tertiary/aromatic N) is 1. The van der Waals surface area contributed by atoms with Crippen LogP contribution in [0.2, 0.25) is 0 Å². The molecule has 0 spiro atoms. The minimum Gasteiger partial charge on any atom is -0.497 e. The van der Waals surface area contributed by atoms with Crippen molar-refractivity contribution < 1.29 is 4.74 Å². The molecular weight excluding hydrogens is 246 g/mol. The Kier molecular flexibility index (Phi) is 5.09. The van der Waals surface area contributed by atoms with Crippen LogP contribution >= 0.6 is 0 Å². The van der Waals surface area contributed by atoms with Gasteiger partial charge in [0, 0.05) is 18.5 Å². The van der Waals surface area contributed by atoms with Gasteiger partial charge in [-0.05, 0) is 49.9 Å². The second kappa shape index (κ2) is 6.62. The molecule has 2 unspecified atom stereocenters. The van der Waals surface area contributed by atoms with E-state index in [1.54, 1.807) is 7.11 Å². The maximum Gasteiger partial charge on any atom is 0.119 e. The molecule has 0 amide bonds. The molecule has 112 valence electrons. The van der Waals surface area contributed by atoms with Gasteiger partial charge >= 0.3 is 0 Å².